The highest BCUT2D eigenvalue weighted by Gasteiger charge is 2.20. The molecule has 0 amide bonds. The molecule has 1 aromatic heterocycles. The second kappa shape index (κ2) is 11.2. The van der Waals surface area contributed by atoms with Crippen molar-refractivity contribution >= 4 is 23.3 Å². The summed E-state index contributed by atoms with van der Waals surface area (Å²) in [6.45, 7) is 13.3. The Balaban J connectivity index is 1.91. The van der Waals surface area contributed by atoms with Crippen molar-refractivity contribution in [2.45, 2.75) is 53.0 Å². The largest absolute Gasteiger partial charge is 0.462 e. The van der Waals surface area contributed by atoms with Gasteiger partial charge >= 0.3 is 5.97 Å². The van der Waals surface area contributed by atoms with Crippen molar-refractivity contribution in [1.82, 2.24) is 20.5 Å². The van der Waals surface area contributed by atoms with Gasteiger partial charge in [-0.1, -0.05) is 0 Å². The van der Waals surface area contributed by atoms with E-state index in [9.17, 15) is 4.79 Å². The Morgan fingerprint density at radius 1 is 1.37 bits per heavy atom. The fraction of sp³-hybridized carbons (Fsp3) is 0.737. The lowest BCUT2D eigenvalue weighted by Crippen LogP contribution is -2.39. The number of nitrogens with one attached hydrogen (secondary N) is 2. The first-order valence-electron chi connectivity index (χ1n) is 9.96. The minimum Gasteiger partial charge on any atom is -0.462 e. The topological polar surface area (TPSA) is 78.9 Å². The fourth-order valence-electron chi connectivity index (χ4n) is 3.07. The lowest BCUT2D eigenvalue weighted by atomic mass is 10.3. The molecule has 0 radical (unpaired) electrons. The predicted octanol–water partition coefficient (Wildman–Crippen LogP) is 2.73. The van der Waals surface area contributed by atoms with Crippen molar-refractivity contribution in [3.8, 4) is 0 Å². The number of thiazole rings is 1. The molecular formula is C19H33N5O2S. The second-order valence-corrected chi connectivity index (χ2v) is 7.75. The third-order valence-electron chi connectivity index (χ3n) is 4.44. The average Bonchev–Trinajstić information content (AvgIpc) is 3.28. The van der Waals surface area contributed by atoms with E-state index in [0.29, 0.717) is 11.5 Å². The molecule has 27 heavy (non-hydrogen) atoms. The van der Waals surface area contributed by atoms with Gasteiger partial charge in [0, 0.05) is 13.1 Å². The van der Waals surface area contributed by atoms with Gasteiger partial charge in [0.2, 0.25) is 0 Å². The van der Waals surface area contributed by atoms with Crippen LogP contribution in [-0.4, -0.2) is 61.1 Å². The number of aromatic nitrogens is 1. The maximum Gasteiger partial charge on any atom is 0.350 e. The Labute approximate surface area is 166 Å². The van der Waals surface area contributed by atoms with Crippen LogP contribution in [-0.2, 0) is 4.74 Å². The molecule has 0 saturated carbocycles. The van der Waals surface area contributed by atoms with Gasteiger partial charge in [-0.2, -0.15) is 0 Å². The zero-order valence-corrected chi connectivity index (χ0v) is 17.8. The number of ether oxygens (including phenoxy) is 1. The molecule has 1 aromatic rings. The van der Waals surface area contributed by atoms with Crippen molar-refractivity contribution < 1.29 is 9.53 Å². The number of likely N-dealkylation sites (tertiary alicyclic amines) is 1. The number of aryl methyl sites for hydroxylation is 1. The highest BCUT2D eigenvalue weighted by atomic mass is 32.1. The number of nitrogens with zero attached hydrogens (tertiary/aromatic N) is 3. The molecule has 0 aliphatic carbocycles. The molecule has 1 unspecified atom stereocenters. The van der Waals surface area contributed by atoms with Gasteiger partial charge in [0.15, 0.2) is 5.96 Å². The highest BCUT2D eigenvalue weighted by molar-refractivity contribution is 7.13. The van der Waals surface area contributed by atoms with Crippen molar-refractivity contribution in [1.29, 1.82) is 0 Å². The monoisotopic (exact) mass is 395 g/mol. The van der Waals surface area contributed by atoms with Crippen LogP contribution in [0.3, 0.4) is 0 Å². The van der Waals surface area contributed by atoms with E-state index in [1.165, 1.54) is 37.3 Å². The summed E-state index contributed by atoms with van der Waals surface area (Å²) in [6.07, 6.45) is 3.71. The van der Waals surface area contributed by atoms with Crippen LogP contribution in [0.25, 0.3) is 0 Å². The van der Waals surface area contributed by atoms with Crippen LogP contribution < -0.4 is 10.6 Å². The maximum absolute atomic E-state index is 12.0. The normalized spacial score (nSPS) is 16.4. The van der Waals surface area contributed by atoms with E-state index in [0.717, 1.165) is 42.7 Å². The molecule has 0 bridgehead atoms. The van der Waals surface area contributed by atoms with Gasteiger partial charge in [-0.05, 0) is 66.6 Å². The molecule has 0 aromatic carbocycles. The van der Waals surface area contributed by atoms with Crippen LogP contribution >= 0.6 is 11.3 Å². The molecule has 1 saturated heterocycles. The van der Waals surface area contributed by atoms with E-state index in [-0.39, 0.29) is 12.0 Å². The van der Waals surface area contributed by atoms with Gasteiger partial charge in [0.25, 0.3) is 0 Å². The lowest BCUT2D eigenvalue weighted by Gasteiger charge is -2.17. The van der Waals surface area contributed by atoms with Crippen LogP contribution in [0.5, 0.6) is 0 Å². The van der Waals surface area contributed by atoms with E-state index < -0.39 is 0 Å². The zero-order valence-electron chi connectivity index (χ0n) is 17.0. The van der Waals surface area contributed by atoms with Gasteiger partial charge in [-0.3, -0.25) is 4.99 Å². The smallest absolute Gasteiger partial charge is 0.350 e. The van der Waals surface area contributed by atoms with Gasteiger partial charge < -0.3 is 20.3 Å². The highest BCUT2D eigenvalue weighted by Crippen LogP contribution is 2.24. The Kier molecular flexibility index (Phi) is 9.00. The number of carbonyl (C=O) groups excluding carboxylic acids is 1. The molecular weight excluding hydrogens is 362 g/mol. The van der Waals surface area contributed by atoms with Crippen molar-refractivity contribution in [3.05, 3.63) is 15.6 Å². The minimum absolute atomic E-state index is 0.0340. The van der Waals surface area contributed by atoms with Crippen molar-refractivity contribution in [2.24, 2.45) is 4.99 Å². The van der Waals surface area contributed by atoms with Crippen LogP contribution in [0.1, 0.15) is 66.4 Å². The average molecular weight is 396 g/mol. The number of hydrogen-bond donors (Lipinski definition) is 2. The molecule has 8 heteroatoms. The van der Waals surface area contributed by atoms with Crippen molar-refractivity contribution in [3.63, 3.8) is 0 Å². The van der Waals surface area contributed by atoms with Crippen molar-refractivity contribution in [2.75, 3.05) is 39.3 Å². The molecule has 1 fully saturated rings. The van der Waals surface area contributed by atoms with Crippen LogP contribution in [0.2, 0.25) is 0 Å². The molecule has 2 rings (SSSR count). The Bertz CT molecular complexity index is 626. The molecule has 2 N–H and O–H groups in total. The zero-order chi connectivity index (χ0) is 19.6. The number of carbonyl (C=O) groups is 1. The van der Waals surface area contributed by atoms with Crippen LogP contribution in [0, 0.1) is 6.92 Å². The number of guanidine groups is 1. The maximum atomic E-state index is 12.0. The third-order valence-corrected chi connectivity index (χ3v) is 5.76. The SMILES string of the molecule is CCNC(=NCCCN1CCCC1)NC(C)c1nc(C)c(C(=O)OCC)s1. The molecule has 7 nitrogen and oxygen atoms in total. The van der Waals surface area contributed by atoms with E-state index >= 15 is 0 Å². The number of rotatable bonds is 9. The fourth-order valence-corrected chi connectivity index (χ4v) is 4.03. The molecule has 1 atom stereocenters. The van der Waals surface area contributed by atoms with Gasteiger partial charge in [0.05, 0.1) is 18.3 Å². The minimum atomic E-state index is -0.298. The number of hydrogen-bond acceptors (Lipinski definition) is 6. The van der Waals surface area contributed by atoms with E-state index in [1.54, 1.807) is 0 Å². The molecule has 2 heterocycles. The van der Waals surface area contributed by atoms with Gasteiger partial charge in [-0.25, -0.2) is 9.78 Å². The first-order valence-corrected chi connectivity index (χ1v) is 10.8. The summed E-state index contributed by atoms with van der Waals surface area (Å²) in [6, 6.07) is -0.0340. The third kappa shape index (κ3) is 6.77. The summed E-state index contributed by atoms with van der Waals surface area (Å²) in [4.78, 5) is 24.3. The Hall–Kier alpha value is -1.67. The van der Waals surface area contributed by atoms with Gasteiger partial charge in [0.1, 0.15) is 9.88 Å². The summed E-state index contributed by atoms with van der Waals surface area (Å²) in [5.41, 5.74) is 0.717. The van der Waals surface area contributed by atoms with E-state index in [2.05, 4.69) is 32.4 Å². The van der Waals surface area contributed by atoms with Crippen LogP contribution in [0.4, 0.5) is 0 Å². The summed E-state index contributed by atoms with van der Waals surface area (Å²) >= 11 is 1.38. The Morgan fingerprint density at radius 2 is 2.11 bits per heavy atom. The summed E-state index contributed by atoms with van der Waals surface area (Å²) in [5.74, 6) is 0.491. The molecule has 1 aliphatic heterocycles. The molecule has 152 valence electrons. The van der Waals surface area contributed by atoms with E-state index in [1.807, 2.05) is 20.8 Å². The second-order valence-electron chi connectivity index (χ2n) is 6.72. The summed E-state index contributed by atoms with van der Waals surface area (Å²) in [7, 11) is 0. The number of esters is 1. The predicted molar refractivity (Wildman–Crippen MR) is 111 cm³/mol. The van der Waals surface area contributed by atoms with Crippen LogP contribution in [0.15, 0.2) is 4.99 Å². The quantitative estimate of drug-likeness (QED) is 0.290. The Morgan fingerprint density at radius 3 is 2.78 bits per heavy atom. The molecule has 1 aliphatic rings. The van der Waals surface area contributed by atoms with Gasteiger partial charge in [-0.15, -0.1) is 11.3 Å². The summed E-state index contributed by atoms with van der Waals surface area (Å²) < 4.78 is 5.10. The standard InChI is InChI=1S/C19H33N5O2S/c1-5-20-19(21-10-9-13-24-11-7-8-12-24)23-15(4)17-22-14(3)16(27-17)18(25)26-6-2/h15H,5-13H2,1-4H3,(H2,20,21,23). The molecule has 0 spiro atoms. The first kappa shape index (κ1) is 21.6. The lowest BCUT2D eigenvalue weighted by molar-refractivity contribution is 0.0531. The van der Waals surface area contributed by atoms with E-state index in [4.69, 9.17) is 4.74 Å². The number of aliphatic imine (C=N–C) groups is 1. The first-order chi connectivity index (χ1) is 13.0. The summed E-state index contributed by atoms with van der Waals surface area (Å²) in [5, 5.41) is 7.54.